The molecule has 3 aromatic rings. The third kappa shape index (κ3) is 2.91. The lowest BCUT2D eigenvalue weighted by Crippen LogP contribution is -1.98. The van der Waals surface area contributed by atoms with Crippen molar-refractivity contribution in [1.29, 1.82) is 0 Å². The molecule has 0 amide bonds. The molecule has 0 atom stereocenters. The Labute approximate surface area is 129 Å². The SMILES string of the molecule is Cn1cnnc1-c1cccc(NCc2csc(Br)c2)c1. The fraction of sp³-hybridized carbons (Fsp3) is 0.143. The molecule has 4 nitrogen and oxygen atoms in total. The molecule has 0 aliphatic heterocycles. The van der Waals surface area contributed by atoms with Gasteiger partial charge < -0.3 is 9.88 Å². The third-order valence-corrected chi connectivity index (χ3v) is 4.50. The molecule has 2 heterocycles. The molecule has 2 aromatic heterocycles. The number of rotatable bonds is 4. The molecule has 6 heteroatoms. The van der Waals surface area contributed by atoms with Gasteiger partial charge in [-0.05, 0) is 45.1 Å². The summed E-state index contributed by atoms with van der Waals surface area (Å²) in [6.07, 6.45) is 1.71. The highest BCUT2D eigenvalue weighted by molar-refractivity contribution is 9.11. The molecule has 0 aliphatic carbocycles. The van der Waals surface area contributed by atoms with Crippen LogP contribution in [0.15, 0.2) is 45.8 Å². The Morgan fingerprint density at radius 3 is 2.95 bits per heavy atom. The van der Waals surface area contributed by atoms with Crippen molar-refractivity contribution in [3.8, 4) is 11.4 Å². The van der Waals surface area contributed by atoms with Crippen LogP contribution in [0.5, 0.6) is 0 Å². The summed E-state index contributed by atoms with van der Waals surface area (Å²) in [7, 11) is 1.94. The van der Waals surface area contributed by atoms with E-state index in [9.17, 15) is 0 Å². The van der Waals surface area contributed by atoms with E-state index in [-0.39, 0.29) is 0 Å². The Morgan fingerprint density at radius 2 is 2.25 bits per heavy atom. The fourth-order valence-electron chi connectivity index (χ4n) is 1.96. The third-order valence-electron chi connectivity index (χ3n) is 2.95. The highest BCUT2D eigenvalue weighted by Crippen LogP contribution is 2.23. The normalized spacial score (nSPS) is 10.7. The zero-order valence-electron chi connectivity index (χ0n) is 10.9. The minimum Gasteiger partial charge on any atom is -0.381 e. The van der Waals surface area contributed by atoms with Crippen LogP contribution >= 0.6 is 27.3 Å². The Balaban J connectivity index is 1.76. The first-order valence-corrected chi connectivity index (χ1v) is 7.81. The summed E-state index contributed by atoms with van der Waals surface area (Å²) in [4.78, 5) is 0. The topological polar surface area (TPSA) is 42.7 Å². The van der Waals surface area contributed by atoms with Crippen LogP contribution in [-0.4, -0.2) is 14.8 Å². The van der Waals surface area contributed by atoms with Gasteiger partial charge in [-0.1, -0.05) is 12.1 Å². The summed E-state index contributed by atoms with van der Waals surface area (Å²) in [6, 6.07) is 10.3. The number of thiophene rings is 1. The van der Waals surface area contributed by atoms with E-state index in [1.807, 2.05) is 23.7 Å². The van der Waals surface area contributed by atoms with Gasteiger partial charge >= 0.3 is 0 Å². The lowest BCUT2D eigenvalue weighted by Gasteiger charge is -2.07. The van der Waals surface area contributed by atoms with Crippen molar-refractivity contribution in [2.24, 2.45) is 7.05 Å². The van der Waals surface area contributed by atoms with Gasteiger partial charge in [0.2, 0.25) is 0 Å². The molecule has 1 aromatic carbocycles. The summed E-state index contributed by atoms with van der Waals surface area (Å²) in [6.45, 7) is 0.810. The average Bonchev–Trinajstić information content (AvgIpc) is 3.05. The van der Waals surface area contributed by atoms with Crippen molar-refractivity contribution in [2.75, 3.05) is 5.32 Å². The van der Waals surface area contributed by atoms with Gasteiger partial charge in [-0.15, -0.1) is 21.5 Å². The first kappa shape index (κ1) is 13.3. The van der Waals surface area contributed by atoms with Crippen molar-refractivity contribution in [2.45, 2.75) is 6.54 Å². The number of nitrogens with zero attached hydrogens (tertiary/aromatic N) is 3. The first-order chi connectivity index (χ1) is 9.72. The van der Waals surface area contributed by atoms with Crippen LogP contribution in [0.25, 0.3) is 11.4 Å². The molecule has 102 valence electrons. The smallest absolute Gasteiger partial charge is 0.163 e. The highest BCUT2D eigenvalue weighted by Gasteiger charge is 2.05. The van der Waals surface area contributed by atoms with Crippen molar-refractivity contribution >= 4 is 33.0 Å². The Morgan fingerprint density at radius 1 is 1.35 bits per heavy atom. The molecule has 0 aliphatic rings. The largest absolute Gasteiger partial charge is 0.381 e. The molecule has 0 fully saturated rings. The van der Waals surface area contributed by atoms with Crippen LogP contribution in [0, 0.1) is 0 Å². The van der Waals surface area contributed by atoms with Crippen molar-refractivity contribution in [3.05, 3.63) is 51.4 Å². The van der Waals surface area contributed by atoms with Gasteiger partial charge in [-0.2, -0.15) is 0 Å². The second-order valence-corrected chi connectivity index (χ2v) is 6.75. The maximum Gasteiger partial charge on any atom is 0.163 e. The van der Waals surface area contributed by atoms with Gasteiger partial charge in [0, 0.05) is 24.8 Å². The monoisotopic (exact) mass is 348 g/mol. The average molecular weight is 349 g/mol. The lowest BCUT2D eigenvalue weighted by molar-refractivity contribution is 0.920. The van der Waals surface area contributed by atoms with Gasteiger partial charge in [-0.3, -0.25) is 0 Å². The van der Waals surface area contributed by atoms with Crippen LogP contribution in [-0.2, 0) is 13.6 Å². The van der Waals surface area contributed by atoms with E-state index in [2.05, 4.69) is 55.0 Å². The molecule has 0 radical (unpaired) electrons. The molecule has 0 bridgehead atoms. The first-order valence-electron chi connectivity index (χ1n) is 6.13. The van der Waals surface area contributed by atoms with E-state index in [0.717, 1.165) is 27.4 Å². The number of aryl methyl sites for hydroxylation is 1. The van der Waals surface area contributed by atoms with Crippen molar-refractivity contribution in [3.63, 3.8) is 0 Å². The lowest BCUT2D eigenvalue weighted by atomic mass is 10.2. The summed E-state index contributed by atoms with van der Waals surface area (Å²) >= 11 is 5.17. The van der Waals surface area contributed by atoms with Crippen molar-refractivity contribution < 1.29 is 0 Å². The fourth-order valence-corrected chi connectivity index (χ4v) is 3.16. The van der Waals surface area contributed by atoms with E-state index in [4.69, 9.17) is 0 Å². The van der Waals surface area contributed by atoms with Crippen molar-refractivity contribution in [1.82, 2.24) is 14.8 Å². The number of hydrogen-bond donors (Lipinski definition) is 1. The number of nitrogens with one attached hydrogen (secondary N) is 1. The maximum atomic E-state index is 4.13. The molecule has 3 rings (SSSR count). The minimum atomic E-state index is 0.810. The van der Waals surface area contributed by atoms with E-state index < -0.39 is 0 Å². The van der Waals surface area contributed by atoms with Gasteiger partial charge in [0.25, 0.3) is 0 Å². The maximum absolute atomic E-state index is 4.13. The van der Waals surface area contributed by atoms with E-state index in [1.54, 1.807) is 17.7 Å². The summed E-state index contributed by atoms with van der Waals surface area (Å²) < 4.78 is 3.07. The standard InChI is InChI=1S/C14H13BrN4S/c1-19-9-17-18-14(19)11-3-2-4-12(6-11)16-7-10-5-13(15)20-8-10/h2-6,8-9,16H,7H2,1H3. The van der Waals surface area contributed by atoms with Crippen LogP contribution < -0.4 is 5.32 Å². The number of aromatic nitrogens is 3. The minimum absolute atomic E-state index is 0.810. The Bertz CT molecular complexity index is 719. The molecule has 0 unspecified atom stereocenters. The molecule has 0 saturated heterocycles. The van der Waals surface area contributed by atoms with E-state index in [0.29, 0.717) is 0 Å². The number of benzene rings is 1. The van der Waals surface area contributed by atoms with Gasteiger partial charge in [0.05, 0.1) is 3.79 Å². The summed E-state index contributed by atoms with van der Waals surface area (Å²) in [5.41, 5.74) is 3.40. The number of hydrogen-bond acceptors (Lipinski definition) is 4. The van der Waals surface area contributed by atoms with Crippen LogP contribution in [0.3, 0.4) is 0 Å². The number of halogens is 1. The molecule has 0 spiro atoms. The second-order valence-electron chi connectivity index (χ2n) is 4.46. The molecular weight excluding hydrogens is 336 g/mol. The number of anilines is 1. The molecular formula is C14H13BrN4S. The Hall–Kier alpha value is -1.66. The molecule has 1 N–H and O–H groups in total. The van der Waals surface area contributed by atoms with Gasteiger partial charge in [0.1, 0.15) is 6.33 Å². The van der Waals surface area contributed by atoms with Crippen LogP contribution in [0.4, 0.5) is 5.69 Å². The predicted molar refractivity (Wildman–Crippen MR) is 85.8 cm³/mol. The highest BCUT2D eigenvalue weighted by atomic mass is 79.9. The summed E-state index contributed by atoms with van der Waals surface area (Å²) in [5.74, 6) is 0.868. The molecule has 20 heavy (non-hydrogen) atoms. The Kier molecular flexibility index (Phi) is 3.84. The van der Waals surface area contributed by atoms with Crippen LogP contribution in [0.1, 0.15) is 5.56 Å². The quantitative estimate of drug-likeness (QED) is 0.776. The van der Waals surface area contributed by atoms with Crippen LogP contribution in [0.2, 0.25) is 0 Å². The van der Waals surface area contributed by atoms with E-state index in [1.165, 1.54) is 5.56 Å². The zero-order valence-corrected chi connectivity index (χ0v) is 13.3. The van der Waals surface area contributed by atoms with E-state index >= 15 is 0 Å². The summed E-state index contributed by atoms with van der Waals surface area (Å²) in [5, 5.41) is 13.6. The second kappa shape index (κ2) is 5.76. The van der Waals surface area contributed by atoms with Gasteiger partial charge in [0.15, 0.2) is 5.82 Å². The predicted octanol–water partition coefficient (Wildman–Crippen LogP) is 3.92. The molecule has 0 saturated carbocycles. The zero-order chi connectivity index (χ0) is 13.9. The van der Waals surface area contributed by atoms with Gasteiger partial charge in [-0.25, -0.2) is 0 Å².